The zero-order chi connectivity index (χ0) is 20.8. The molecule has 0 fully saturated rings. The molecule has 0 N–H and O–H groups in total. The molecule has 3 rings (SSSR count). The second-order valence-electron chi connectivity index (χ2n) is 5.93. The van der Waals surface area contributed by atoms with Gasteiger partial charge in [0, 0.05) is 12.7 Å². The number of carbonyl (C=O) groups is 2. The molecular formula is C21H18ClNO4S2. The maximum Gasteiger partial charge on any atom is 0.308 e. The van der Waals surface area contributed by atoms with E-state index in [-0.39, 0.29) is 15.9 Å². The minimum atomic E-state index is -0.494. The van der Waals surface area contributed by atoms with E-state index in [9.17, 15) is 9.59 Å². The van der Waals surface area contributed by atoms with E-state index >= 15 is 0 Å². The molecule has 0 saturated heterocycles. The molecule has 0 atom stereocenters. The van der Waals surface area contributed by atoms with Crippen LogP contribution in [0.5, 0.6) is 11.5 Å². The lowest BCUT2D eigenvalue weighted by atomic mass is 10.1. The second-order valence-corrected chi connectivity index (χ2v) is 8.52. The summed E-state index contributed by atoms with van der Waals surface area (Å²) in [5.41, 5.74) is 2.14. The Hall–Kier alpha value is -2.22. The first-order chi connectivity index (χ1) is 14.0. The smallest absolute Gasteiger partial charge is 0.308 e. The molecule has 0 spiro atoms. The third kappa shape index (κ3) is 5.88. The van der Waals surface area contributed by atoms with Gasteiger partial charge in [0.25, 0.3) is 0 Å². The minimum absolute atomic E-state index is 0.126. The average molecular weight is 448 g/mol. The quantitative estimate of drug-likeness (QED) is 0.328. The molecule has 1 aliphatic heterocycles. The number of esters is 1. The van der Waals surface area contributed by atoms with Crippen molar-refractivity contribution in [3.8, 4) is 11.5 Å². The van der Waals surface area contributed by atoms with Crippen LogP contribution in [0.2, 0.25) is 5.02 Å². The molecule has 0 bridgehead atoms. The SMILES string of the molecule is CCOc1cc(/C=C2\N=C(SCc3ccccc3)SC2=O)cc(Cl)c1OC(C)=O. The Bertz CT molecular complexity index is 990. The Morgan fingerprint density at radius 2 is 2.03 bits per heavy atom. The summed E-state index contributed by atoms with van der Waals surface area (Å²) in [4.78, 5) is 28.1. The molecule has 1 aliphatic rings. The summed E-state index contributed by atoms with van der Waals surface area (Å²) in [5.74, 6) is 0.747. The number of halogens is 1. The normalized spacial score (nSPS) is 14.8. The predicted octanol–water partition coefficient (Wildman–Crippen LogP) is 5.57. The van der Waals surface area contributed by atoms with E-state index in [1.165, 1.54) is 24.2 Å². The van der Waals surface area contributed by atoms with Gasteiger partial charge in [-0.2, -0.15) is 0 Å². The summed E-state index contributed by atoms with van der Waals surface area (Å²) in [5, 5.41) is 0.0949. The number of rotatable bonds is 6. The number of hydrogen-bond acceptors (Lipinski definition) is 7. The summed E-state index contributed by atoms with van der Waals surface area (Å²) in [7, 11) is 0. The molecule has 1 heterocycles. The molecule has 2 aromatic carbocycles. The van der Waals surface area contributed by atoms with Gasteiger partial charge in [0.15, 0.2) is 11.5 Å². The molecule has 0 aromatic heterocycles. The van der Waals surface area contributed by atoms with Crippen molar-refractivity contribution in [1.29, 1.82) is 0 Å². The number of hydrogen-bond donors (Lipinski definition) is 0. The second kappa shape index (κ2) is 10.0. The van der Waals surface area contributed by atoms with Crippen LogP contribution in [-0.4, -0.2) is 22.1 Å². The van der Waals surface area contributed by atoms with Gasteiger partial charge in [0.1, 0.15) is 10.1 Å². The third-order valence-electron chi connectivity index (χ3n) is 3.69. The highest BCUT2D eigenvalue weighted by molar-refractivity contribution is 8.45. The van der Waals surface area contributed by atoms with Crippen molar-refractivity contribution in [2.24, 2.45) is 4.99 Å². The van der Waals surface area contributed by atoms with Gasteiger partial charge in [-0.15, -0.1) is 0 Å². The Morgan fingerprint density at radius 3 is 2.72 bits per heavy atom. The van der Waals surface area contributed by atoms with Gasteiger partial charge in [0.2, 0.25) is 5.12 Å². The highest BCUT2D eigenvalue weighted by Gasteiger charge is 2.23. The van der Waals surface area contributed by atoms with Crippen LogP contribution in [0.15, 0.2) is 53.2 Å². The van der Waals surface area contributed by atoms with Crippen molar-refractivity contribution in [2.75, 3.05) is 6.61 Å². The maximum absolute atomic E-state index is 12.3. The van der Waals surface area contributed by atoms with E-state index in [0.717, 1.165) is 17.5 Å². The van der Waals surface area contributed by atoms with E-state index in [2.05, 4.69) is 4.99 Å². The van der Waals surface area contributed by atoms with Gasteiger partial charge < -0.3 is 9.47 Å². The fourth-order valence-electron chi connectivity index (χ4n) is 2.51. The maximum atomic E-state index is 12.3. The Labute approximate surface area is 182 Å². The Morgan fingerprint density at radius 1 is 1.28 bits per heavy atom. The van der Waals surface area contributed by atoms with Crippen molar-refractivity contribution in [2.45, 2.75) is 19.6 Å². The molecule has 0 unspecified atom stereocenters. The van der Waals surface area contributed by atoms with E-state index < -0.39 is 5.97 Å². The van der Waals surface area contributed by atoms with E-state index in [1.54, 1.807) is 18.2 Å². The van der Waals surface area contributed by atoms with Crippen LogP contribution in [0.1, 0.15) is 25.0 Å². The molecule has 0 radical (unpaired) electrons. The lowest BCUT2D eigenvalue weighted by Gasteiger charge is -2.12. The number of thioether (sulfide) groups is 2. The van der Waals surface area contributed by atoms with Gasteiger partial charge in [-0.05, 0) is 48.0 Å². The lowest BCUT2D eigenvalue weighted by molar-refractivity contribution is -0.132. The standard InChI is InChI=1S/C21H18ClNO4S2/c1-3-26-18-11-15(9-16(22)19(18)27-13(2)24)10-17-20(25)29-21(23-17)28-12-14-7-5-4-6-8-14/h4-11H,3,12H2,1-2H3/b17-10-. The van der Waals surface area contributed by atoms with Crippen molar-refractivity contribution in [1.82, 2.24) is 0 Å². The van der Waals surface area contributed by atoms with E-state index in [0.29, 0.717) is 28.0 Å². The molecule has 0 aliphatic carbocycles. The largest absolute Gasteiger partial charge is 0.490 e. The topological polar surface area (TPSA) is 65.0 Å². The summed E-state index contributed by atoms with van der Waals surface area (Å²) in [6.07, 6.45) is 1.65. The van der Waals surface area contributed by atoms with Crippen molar-refractivity contribution in [3.05, 3.63) is 64.3 Å². The molecular weight excluding hydrogens is 430 g/mol. The lowest BCUT2D eigenvalue weighted by Crippen LogP contribution is -2.05. The van der Waals surface area contributed by atoms with E-state index in [1.807, 2.05) is 37.3 Å². The van der Waals surface area contributed by atoms with Gasteiger partial charge in [-0.3, -0.25) is 9.59 Å². The Kier molecular flexibility index (Phi) is 7.41. The van der Waals surface area contributed by atoms with Crippen molar-refractivity contribution >= 4 is 56.7 Å². The Balaban J connectivity index is 1.81. The number of ether oxygens (including phenoxy) is 2. The molecule has 0 amide bonds. The summed E-state index contributed by atoms with van der Waals surface area (Å²) >= 11 is 8.90. The van der Waals surface area contributed by atoms with Gasteiger partial charge in [-0.1, -0.05) is 53.7 Å². The highest BCUT2D eigenvalue weighted by atomic mass is 35.5. The van der Waals surface area contributed by atoms with Gasteiger partial charge >= 0.3 is 5.97 Å². The molecule has 5 nitrogen and oxygen atoms in total. The van der Waals surface area contributed by atoms with Crippen LogP contribution in [0.3, 0.4) is 0 Å². The molecule has 0 saturated carbocycles. The molecule has 29 heavy (non-hydrogen) atoms. The summed E-state index contributed by atoms with van der Waals surface area (Å²) in [6, 6.07) is 13.3. The van der Waals surface area contributed by atoms with Crippen molar-refractivity contribution in [3.63, 3.8) is 0 Å². The molecule has 150 valence electrons. The number of aliphatic imine (C=N–C) groups is 1. The number of carbonyl (C=O) groups excluding carboxylic acids is 2. The minimum Gasteiger partial charge on any atom is -0.490 e. The fourth-order valence-corrected chi connectivity index (χ4v) is 4.56. The summed E-state index contributed by atoms with van der Waals surface area (Å²) < 4.78 is 11.4. The highest BCUT2D eigenvalue weighted by Crippen LogP contribution is 2.38. The first-order valence-electron chi connectivity index (χ1n) is 8.80. The van der Waals surface area contributed by atoms with Crippen LogP contribution in [-0.2, 0) is 15.3 Å². The zero-order valence-corrected chi connectivity index (χ0v) is 18.2. The van der Waals surface area contributed by atoms with Crippen LogP contribution in [0.4, 0.5) is 0 Å². The summed E-state index contributed by atoms with van der Waals surface area (Å²) in [6.45, 7) is 3.48. The number of nitrogens with zero attached hydrogens (tertiary/aromatic N) is 1. The average Bonchev–Trinajstić information content (AvgIpc) is 3.03. The van der Waals surface area contributed by atoms with Crippen LogP contribution in [0, 0.1) is 0 Å². The third-order valence-corrected chi connectivity index (χ3v) is 6.05. The first-order valence-corrected chi connectivity index (χ1v) is 11.0. The van der Waals surface area contributed by atoms with E-state index in [4.69, 9.17) is 21.1 Å². The predicted molar refractivity (Wildman–Crippen MR) is 120 cm³/mol. The molecule has 8 heteroatoms. The molecule has 2 aromatic rings. The fraction of sp³-hybridized carbons (Fsp3) is 0.190. The van der Waals surface area contributed by atoms with Crippen LogP contribution in [0.25, 0.3) is 6.08 Å². The zero-order valence-electron chi connectivity index (χ0n) is 15.8. The first kappa shape index (κ1) is 21.5. The van der Waals surface area contributed by atoms with Crippen molar-refractivity contribution < 1.29 is 19.1 Å². The monoisotopic (exact) mass is 447 g/mol. The number of benzene rings is 2. The van der Waals surface area contributed by atoms with Gasteiger partial charge in [-0.25, -0.2) is 4.99 Å². The van der Waals surface area contributed by atoms with Gasteiger partial charge in [0.05, 0.1) is 11.6 Å². The van der Waals surface area contributed by atoms with Crippen LogP contribution >= 0.6 is 35.1 Å². The van der Waals surface area contributed by atoms with Crippen LogP contribution < -0.4 is 9.47 Å².